The minimum Gasteiger partial charge on any atom is -0.372 e. The highest BCUT2D eigenvalue weighted by atomic mass is 16.5. The van der Waals surface area contributed by atoms with Gasteiger partial charge in [0, 0.05) is 39.8 Å². The van der Waals surface area contributed by atoms with Crippen molar-refractivity contribution >= 4 is 22.8 Å². The lowest BCUT2D eigenvalue weighted by Crippen LogP contribution is -2.50. The maximum Gasteiger partial charge on any atom is 0.248 e. The van der Waals surface area contributed by atoms with Crippen LogP contribution in [0.5, 0.6) is 0 Å². The number of nitrogens with zero attached hydrogens (tertiary/aromatic N) is 6. The van der Waals surface area contributed by atoms with Crippen molar-refractivity contribution in [2.24, 2.45) is 7.05 Å². The lowest BCUT2D eigenvalue weighted by atomic mass is 10.2. The number of carbonyl (C=O) groups excluding carboxylic acids is 1. The first kappa shape index (κ1) is 16.6. The Bertz CT molecular complexity index is 721. The van der Waals surface area contributed by atoms with Crippen LogP contribution in [0.25, 0.3) is 11.0 Å². The fraction of sp³-hybridized carbons (Fsp3) is 0.625. The third-order valence-corrected chi connectivity index (χ3v) is 4.19. The third-order valence-electron chi connectivity index (χ3n) is 4.19. The predicted octanol–water partition coefficient (Wildman–Crippen LogP) is 0.747. The Kier molecular flexibility index (Phi) is 4.94. The molecule has 2 aromatic heterocycles. The van der Waals surface area contributed by atoms with Crippen molar-refractivity contribution in [1.29, 1.82) is 0 Å². The predicted molar refractivity (Wildman–Crippen MR) is 90.9 cm³/mol. The van der Waals surface area contributed by atoms with Crippen LogP contribution in [0.1, 0.15) is 19.2 Å². The number of hydrogen-bond donors (Lipinski definition) is 0. The summed E-state index contributed by atoms with van der Waals surface area (Å²) in [7, 11) is 1.88. The SMILES string of the molecule is CCCOCC(=O)N1CCN(c2nc(C)nc3c2cnn3C)CC1. The molecule has 8 heteroatoms. The van der Waals surface area contributed by atoms with Crippen molar-refractivity contribution in [3.05, 3.63) is 12.0 Å². The number of rotatable bonds is 5. The Balaban J connectivity index is 1.68. The van der Waals surface area contributed by atoms with E-state index in [0.717, 1.165) is 42.2 Å². The summed E-state index contributed by atoms with van der Waals surface area (Å²) in [5.41, 5.74) is 0.837. The van der Waals surface area contributed by atoms with Crippen molar-refractivity contribution in [2.45, 2.75) is 20.3 Å². The molecular weight excluding hydrogens is 308 g/mol. The zero-order valence-electron chi connectivity index (χ0n) is 14.5. The van der Waals surface area contributed by atoms with E-state index in [1.165, 1.54) is 0 Å². The molecule has 1 fully saturated rings. The van der Waals surface area contributed by atoms with Gasteiger partial charge in [0.05, 0.1) is 11.6 Å². The summed E-state index contributed by atoms with van der Waals surface area (Å²) in [4.78, 5) is 25.3. The summed E-state index contributed by atoms with van der Waals surface area (Å²) < 4.78 is 7.11. The molecule has 8 nitrogen and oxygen atoms in total. The van der Waals surface area contributed by atoms with Gasteiger partial charge in [-0.3, -0.25) is 9.48 Å². The van der Waals surface area contributed by atoms with E-state index in [4.69, 9.17) is 4.74 Å². The Morgan fingerprint density at radius 2 is 2.00 bits per heavy atom. The van der Waals surface area contributed by atoms with Crippen molar-refractivity contribution in [3.8, 4) is 0 Å². The first-order valence-corrected chi connectivity index (χ1v) is 8.37. The molecule has 3 heterocycles. The average molecular weight is 332 g/mol. The van der Waals surface area contributed by atoms with Crippen molar-refractivity contribution in [3.63, 3.8) is 0 Å². The summed E-state index contributed by atoms with van der Waals surface area (Å²) in [5, 5.41) is 5.24. The van der Waals surface area contributed by atoms with Gasteiger partial charge in [0.1, 0.15) is 18.2 Å². The lowest BCUT2D eigenvalue weighted by molar-refractivity contribution is -0.136. The number of carbonyl (C=O) groups is 1. The number of fused-ring (bicyclic) bond motifs is 1. The van der Waals surface area contributed by atoms with Gasteiger partial charge >= 0.3 is 0 Å². The Morgan fingerprint density at radius 3 is 2.71 bits per heavy atom. The topological polar surface area (TPSA) is 76.4 Å². The first-order chi connectivity index (χ1) is 11.6. The van der Waals surface area contributed by atoms with Crippen LogP contribution in [0.4, 0.5) is 5.82 Å². The van der Waals surface area contributed by atoms with Crippen LogP contribution in [0.3, 0.4) is 0 Å². The molecule has 1 amide bonds. The normalized spacial score (nSPS) is 15.3. The van der Waals surface area contributed by atoms with Crippen LogP contribution < -0.4 is 4.90 Å². The highest BCUT2D eigenvalue weighted by Gasteiger charge is 2.24. The smallest absolute Gasteiger partial charge is 0.248 e. The fourth-order valence-corrected chi connectivity index (χ4v) is 2.92. The maximum absolute atomic E-state index is 12.1. The number of piperazine rings is 1. The molecule has 1 aliphatic heterocycles. The van der Waals surface area contributed by atoms with Gasteiger partial charge in [0.25, 0.3) is 0 Å². The lowest BCUT2D eigenvalue weighted by Gasteiger charge is -2.35. The van der Waals surface area contributed by atoms with E-state index in [-0.39, 0.29) is 12.5 Å². The molecule has 0 spiro atoms. The van der Waals surface area contributed by atoms with Crippen molar-refractivity contribution in [2.75, 3.05) is 44.3 Å². The number of aromatic nitrogens is 4. The van der Waals surface area contributed by atoms with Gasteiger partial charge in [0.15, 0.2) is 5.65 Å². The maximum atomic E-state index is 12.1. The summed E-state index contributed by atoms with van der Waals surface area (Å²) >= 11 is 0. The largest absolute Gasteiger partial charge is 0.372 e. The van der Waals surface area contributed by atoms with E-state index in [1.807, 2.05) is 25.8 Å². The Morgan fingerprint density at radius 1 is 1.25 bits per heavy atom. The zero-order valence-corrected chi connectivity index (χ0v) is 14.5. The second-order valence-electron chi connectivity index (χ2n) is 6.02. The molecule has 130 valence electrons. The molecule has 1 saturated heterocycles. The van der Waals surface area contributed by atoms with E-state index in [9.17, 15) is 4.79 Å². The van der Waals surface area contributed by atoms with Gasteiger partial charge in [-0.15, -0.1) is 0 Å². The molecule has 0 saturated carbocycles. The fourth-order valence-electron chi connectivity index (χ4n) is 2.92. The van der Waals surface area contributed by atoms with Gasteiger partial charge in [-0.1, -0.05) is 6.92 Å². The van der Waals surface area contributed by atoms with Gasteiger partial charge in [-0.05, 0) is 13.3 Å². The molecule has 1 aliphatic rings. The molecule has 0 aliphatic carbocycles. The number of hydrogen-bond acceptors (Lipinski definition) is 6. The number of aryl methyl sites for hydroxylation is 2. The highest BCUT2D eigenvalue weighted by Crippen LogP contribution is 2.24. The van der Waals surface area contributed by atoms with Crippen molar-refractivity contribution in [1.82, 2.24) is 24.6 Å². The molecule has 0 radical (unpaired) electrons. The molecule has 0 aromatic carbocycles. The third kappa shape index (κ3) is 3.33. The minimum absolute atomic E-state index is 0.0634. The molecule has 3 rings (SSSR count). The van der Waals surface area contributed by atoms with Crippen LogP contribution in [-0.4, -0.2) is 69.9 Å². The Hall–Kier alpha value is -2.22. The monoisotopic (exact) mass is 332 g/mol. The first-order valence-electron chi connectivity index (χ1n) is 8.37. The summed E-state index contributed by atoms with van der Waals surface area (Å²) in [6.45, 7) is 7.59. The van der Waals surface area contributed by atoms with E-state index < -0.39 is 0 Å². The van der Waals surface area contributed by atoms with Gasteiger partial charge in [0.2, 0.25) is 5.91 Å². The minimum atomic E-state index is 0.0634. The van der Waals surface area contributed by atoms with E-state index >= 15 is 0 Å². The molecule has 0 bridgehead atoms. The van der Waals surface area contributed by atoms with E-state index in [0.29, 0.717) is 19.7 Å². The average Bonchev–Trinajstić information content (AvgIpc) is 2.95. The van der Waals surface area contributed by atoms with Crippen LogP contribution in [0.2, 0.25) is 0 Å². The molecule has 0 unspecified atom stereocenters. The molecule has 2 aromatic rings. The standard InChI is InChI=1S/C16H24N6O2/c1-4-9-24-11-14(23)21-5-7-22(8-6-21)16-13-10-17-20(3)15(13)18-12(2)19-16/h10H,4-9,11H2,1-3H3. The summed E-state index contributed by atoms with van der Waals surface area (Å²) in [5.74, 6) is 1.70. The Labute approximate surface area is 141 Å². The van der Waals surface area contributed by atoms with Gasteiger partial charge in [-0.25, -0.2) is 9.97 Å². The quantitative estimate of drug-likeness (QED) is 0.752. The van der Waals surface area contributed by atoms with Crippen LogP contribution in [0, 0.1) is 6.92 Å². The number of amides is 1. The van der Waals surface area contributed by atoms with Crippen LogP contribution in [-0.2, 0) is 16.6 Å². The van der Waals surface area contributed by atoms with Crippen LogP contribution in [0.15, 0.2) is 6.20 Å². The van der Waals surface area contributed by atoms with Crippen LogP contribution >= 0.6 is 0 Å². The van der Waals surface area contributed by atoms with Crippen molar-refractivity contribution < 1.29 is 9.53 Å². The molecule has 24 heavy (non-hydrogen) atoms. The second kappa shape index (κ2) is 7.12. The number of ether oxygens (including phenoxy) is 1. The van der Waals surface area contributed by atoms with Gasteiger partial charge < -0.3 is 14.5 Å². The van der Waals surface area contributed by atoms with E-state index in [1.54, 1.807) is 10.9 Å². The number of anilines is 1. The second-order valence-corrected chi connectivity index (χ2v) is 6.02. The zero-order chi connectivity index (χ0) is 17.1. The van der Waals surface area contributed by atoms with E-state index in [2.05, 4.69) is 20.0 Å². The molecule has 0 N–H and O–H groups in total. The summed E-state index contributed by atoms with van der Waals surface area (Å²) in [6.07, 6.45) is 2.73. The summed E-state index contributed by atoms with van der Waals surface area (Å²) in [6, 6.07) is 0. The van der Waals surface area contributed by atoms with Gasteiger partial charge in [-0.2, -0.15) is 5.10 Å². The molecular formula is C16H24N6O2. The molecule has 0 atom stereocenters. The highest BCUT2D eigenvalue weighted by molar-refractivity contribution is 5.87.